The minimum Gasteiger partial charge on any atom is -0.330 e. The molecule has 18 heavy (non-hydrogen) atoms. The second kappa shape index (κ2) is 5.85. The molecule has 0 amide bonds. The molecule has 0 heterocycles. The lowest BCUT2D eigenvalue weighted by atomic mass is 9.86. The summed E-state index contributed by atoms with van der Waals surface area (Å²) in [6.45, 7) is 4.62. The predicted molar refractivity (Wildman–Crippen MR) is 76.6 cm³/mol. The van der Waals surface area contributed by atoms with Crippen molar-refractivity contribution in [1.29, 1.82) is 0 Å². The summed E-state index contributed by atoms with van der Waals surface area (Å²) in [6, 6.07) is 8.18. The van der Waals surface area contributed by atoms with Crippen LogP contribution in [0.15, 0.2) is 24.3 Å². The van der Waals surface area contributed by atoms with Crippen LogP contribution in [0, 0.1) is 0 Å². The third-order valence-electron chi connectivity index (χ3n) is 3.03. The molecule has 0 fully saturated rings. The van der Waals surface area contributed by atoms with Gasteiger partial charge in [-0.3, -0.25) is 0 Å². The molecule has 0 aliphatic rings. The number of benzene rings is 1. The van der Waals surface area contributed by atoms with E-state index in [1.165, 1.54) is 11.8 Å². The van der Waals surface area contributed by atoms with Crippen molar-refractivity contribution < 1.29 is 8.42 Å². The number of rotatable bonds is 6. The standard InChI is InChI=1S/C14H23NO2S/c1-14(2,11-18(3,16)17)13-8-6-12(7-9-13)5-4-10-15/h6-9H,4-5,10-11,15H2,1-3H3. The van der Waals surface area contributed by atoms with E-state index in [1.807, 2.05) is 26.0 Å². The summed E-state index contributed by atoms with van der Waals surface area (Å²) in [5.74, 6) is 0.169. The van der Waals surface area contributed by atoms with Gasteiger partial charge in [0.2, 0.25) is 0 Å². The first-order chi connectivity index (χ1) is 8.24. The second-order valence-electron chi connectivity index (χ2n) is 5.54. The molecule has 1 aromatic carbocycles. The van der Waals surface area contributed by atoms with Crippen LogP contribution < -0.4 is 5.73 Å². The number of hydrogen-bond acceptors (Lipinski definition) is 3. The summed E-state index contributed by atoms with van der Waals surface area (Å²) in [7, 11) is -2.97. The molecule has 0 saturated carbocycles. The summed E-state index contributed by atoms with van der Waals surface area (Å²) in [5.41, 5.74) is 7.44. The first-order valence-electron chi connectivity index (χ1n) is 6.22. The lowest BCUT2D eigenvalue weighted by Crippen LogP contribution is -2.27. The summed E-state index contributed by atoms with van der Waals surface area (Å²) in [6.07, 6.45) is 3.24. The number of hydrogen-bond donors (Lipinski definition) is 1. The quantitative estimate of drug-likeness (QED) is 0.858. The van der Waals surface area contributed by atoms with Crippen LogP contribution in [0.4, 0.5) is 0 Å². The zero-order chi connectivity index (χ0) is 13.8. The van der Waals surface area contributed by atoms with E-state index < -0.39 is 9.84 Å². The molecule has 1 aromatic rings. The van der Waals surface area contributed by atoms with Gasteiger partial charge in [-0.05, 0) is 30.5 Å². The largest absolute Gasteiger partial charge is 0.330 e. The van der Waals surface area contributed by atoms with Crippen molar-refractivity contribution in [2.24, 2.45) is 5.73 Å². The monoisotopic (exact) mass is 269 g/mol. The molecule has 0 unspecified atom stereocenters. The minimum absolute atomic E-state index is 0.169. The highest BCUT2D eigenvalue weighted by molar-refractivity contribution is 7.90. The van der Waals surface area contributed by atoms with Crippen molar-refractivity contribution in [1.82, 2.24) is 0 Å². The van der Waals surface area contributed by atoms with Gasteiger partial charge in [-0.1, -0.05) is 38.1 Å². The van der Waals surface area contributed by atoms with E-state index in [1.54, 1.807) is 0 Å². The molecule has 0 bridgehead atoms. The van der Waals surface area contributed by atoms with Crippen molar-refractivity contribution in [3.05, 3.63) is 35.4 Å². The Bertz CT molecular complexity index is 475. The van der Waals surface area contributed by atoms with Gasteiger partial charge in [0.15, 0.2) is 0 Å². The van der Waals surface area contributed by atoms with Gasteiger partial charge in [0.05, 0.1) is 5.75 Å². The van der Waals surface area contributed by atoms with Gasteiger partial charge in [0.25, 0.3) is 0 Å². The maximum atomic E-state index is 11.4. The zero-order valence-electron chi connectivity index (χ0n) is 11.4. The highest BCUT2D eigenvalue weighted by atomic mass is 32.2. The maximum absolute atomic E-state index is 11.4. The smallest absolute Gasteiger partial charge is 0.148 e. The molecular weight excluding hydrogens is 246 g/mol. The normalized spacial score (nSPS) is 12.7. The maximum Gasteiger partial charge on any atom is 0.148 e. The molecular formula is C14H23NO2S. The Labute approximate surface area is 110 Å². The summed E-state index contributed by atoms with van der Waals surface area (Å²) in [5, 5.41) is 0. The Morgan fingerprint density at radius 2 is 1.72 bits per heavy atom. The van der Waals surface area contributed by atoms with Crippen LogP contribution in [0.2, 0.25) is 0 Å². The molecule has 3 nitrogen and oxygen atoms in total. The van der Waals surface area contributed by atoms with E-state index in [0.717, 1.165) is 18.4 Å². The van der Waals surface area contributed by atoms with E-state index in [-0.39, 0.29) is 11.2 Å². The molecule has 0 aliphatic carbocycles. The van der Waals surface area contributed by atoms with Gasteiger partial charge in [-0.25, -0.2) is 8.42 Å². The predicted octanol–water partition coefficient (Wildman–Crippen LogP) is 1.90. The lowest BCUT2D eigenvalue weighted by molar-refractivity contribution is 0.552. The fourth-order valence-electron chi connectivity index (χ4n) is 2.17. The fourth-order valence-corrected chi connectivity index (χ4v) is 3.65. The molecule has 0 atom stereocenters. The van der Waals surface area contributed by atoms with E-state index in [2.05, 4.69) is 12.1 Å². The Balaban J connectivity index is 2.83. The first-order valence-corrected chi connectivity index (χ1v) is 8.28. The SMILES string of the molecule is CC(C)(CS(C)(=O)=O)c1ccc(CCCN)cc1. The summed E-state index contributed by atoms with van der Waals surface area (Å²) < 4.78 is 22.8. The lowest BCUT2D eigenvalue weighted by Gasteiger charge is -2.24. The van der Waals surface area contributed by atoms with E-state index >= 15 is 0 Å². The number of nitrogens with two attached hydrogens (primary N) is 1. The highest BCUT2D eigenvalue weighted by Gasteiger charge is 2.25. The van der Waals surface area contributed by atoms with E-state index in [9.17, 15) is 8.42 Å². The number of aryl methyl sites for hydroxylation is 1. The summed E-state index contributed by atoms with van der Waals surface area (Å²) >= 11 is 0. The van der Waals surface area contributed by atoms with Crippen LogP contribution in [0.25, 0.3) is 0 Å². The van der Waals surface area contributed by atoms with E-state index in [4.69, 9.17) is 5.73 Å². The van der Waals surface area contributed by atoms with Crippen molar-refractivity contribution in [2.75, 3.05) is 18.6 Å². The Morgan fingerprint density at radius 1 is 1.17 bits per heavy atom. The molecule has 0 aromatic heterocycles. The molecule has 0 saturated heterocycles. The summed E-state index contributed by atoms with van der Waals surface area (Å²) in [4.78, 5) is 0. The van der Waals surface area contributed by atoms with Crippen molar-refractivity contribution >= 4 is 9.84 Å². The van der Waals surface area contributed by atoms with Crippen LogP contribution in [-0.2, 0) is 21.7 Å². The highest BCUT2D eigenvalue weighted by Crippen LogP contribution is 2.25. The van der Waals surface area contributed by atoms with E-state index in [0.29, 0.717) is 6.54 Å². The van der Waals surface area contributed by atoms with Gasteiger partial charge in [-0.2, -0.15) is 0 Å². The first kappa shape index (κ1) is 15.2. The van der Waals surface area contributed by atoms with Crippen LogP contribution in [0.5, 0.6) is 0 Å². The van der Waals surface area contributed by atoms with Gasteiger partial charge in [0.1, 0.15) is 9.84 Å². The Kier molecular flexibility index (Phi) is 4.93. The van der Waals surface area contributed by atoms with Crippen molar-refractivity contribution in [3.63, 3.8) is 0 Å². The average Bonchev–Trinajstić information content (AvgIpc) is 2.23. The molecule has 0 spiro atoms. The third-order valence-corrected chi connectivity index (χ3v) is 4.27. The van der Waals surface area contributed by atoms with Crippen LogP contribution in [0.3, 0.4) is 0 Å². The van der Waals surface area contributed by atoms with Gasteiger partial charge in [0, 0.05) is 11.7 Å². The molecule has 1 rings (SSSR count). The molecule has 4 heteroatoms. The van der Waals surface area contributed by atoms with Crippen LogP contribution in [0.1, 0.15) is 31.4 Å². The molecule has 0 aliphatic heterocycles. The van der Waals surface area contributed by atoms with Crippen LogP contribution in [-0.4, -0.2) is 27.0 Å². The zero-order valence-corrected chi connectivity index (χ0v) is 12.3. The number of sulfone groups is 1. The van der Waals surface area contributed by atoms with Crippen molar-refractivity contribution in [3.8, 4) is 0 Å². The minimum atomic E-state index is -2.97. The van der Waals surface area contributed by atoms with Crippen LogP contribution >= 0.6 is 0 Å². The fraction of sp³-hybridized carbons (Fsp3) is 0.571. The molecule has 102 valence electrons. The third kappa shape index (κ3) is 4.78. The molecule has 2 N–H and O–H groups in total. The Morgan fingerprint density at radius 3 is 2.17 bits per heavy atom. The Hall–Kier alpha value is -0.870. The topological polar surface area (TPSA) is 60.2 Å². The second-order valence-corrected chi connectivity index (χ2v) is 7.68. The van der Waals surface area contributed by atoms with Gasteiger partial charge < -0.3 is 5.73 Å². The average molecular weight is 269 g/mol. The van der Waals surface area contributed by atoms with Gasteiger partial charge in [-0.15, -0.1) is 0 Å². The van der Waals surface area contributed by atoms with Crippen molar-refractivity contribution in [2.45, 2.75) is 32.1 Å². The van der Waals surface area contributed by atoms with Gasteiger partial charge >= 0.3 is 0 Å². The molecule has 0 radical (unpaired) electrons.